The number of rotatable bonds is 23. The average Bonchev–Trinajstić information content (AvgIpc) is 3.70. The summed E-state index contributed by atoms with van der Waals surface area (Å²) >= 11 is 0. The van der Waals surface area contributed by atoms with Crippen LogP contribution in [-0.2, 0) is 40.1 Å². The summed E-state index contributed by atoms with van der Waals surface area (Å²) in [6.45, 7) is 12.4. The van der Waals surface area contributed by atoms with Crippen LogP contribution in [0.3, 0.4) is 0 Å². The predicted molar refractivity (Wildman–Crippen MR) is 225 cm³/mol. The standard InChI is InChI=1S/C24H37N7O4.C16H21N7O/c1-3-4-9-33-11-13-35-14-12-34-10-7-5-6-8-19-15-27-20(16-26-19)17-31-23-21(30-24(31)32)22(25)28-18(2)29-23;1-3-4-5-6-11-7-19-12(8-18-11)9-23-15-13(22-16(23)24)14(17)20-10(2)21-15/h15-16H,3-14,17H2,1-2H3,(H,30,32)(H2,25,28,29);7-8H,3-6,9H2,1-2H3,(H,22,24)(H2,17,20,21). The Bertz CT molecular complexity index is 2300. The molecule has 19 nitrogen and oxygen atoms in total. The van der Waals surface area contributed by atoms with Crippen molar-refractivity contribution in [3.63, 3.8) is 0 Å². The van der Waals surface area contributed by atoms with E-state index >= 15 is 0 Å². The van der Waals surface area contributed by atoms with E-state index in [9.17, 15) is 9.59 Å². The van der Waals surface area contributed by atoms with Gasteiger partial charge in [0.05, 0.1) is 74.7 Å². The number of nitrogens with one attached hydrogen (secondary N) is 2. The van der Waals surface area contributed by atoms with Crippen LogP contribution >= 0.6 is 0 Å². The summed E-state index contributed by atoms with van der Waals surface area (Å²) in [5.41, 5.74) is 16.3. The van der Waals surface area contributed by atoms with E-state index in [1.54, 1.807) is 38.6 Å². The maximum absolute atomic E-state index is 12.3. The number of aromatic nitrogens is 12. The third-order valence-electron chi connectivity index (χ3n) is 9.33. The molecule has 0 unspecified atom stereocenters. The van der Waals surface area contributed by atoms with Crippen molar-refractivity contribution >= 4 is 34.0 Å². The highest BCUT2D eigenvalue weighted by atomic mass is 16.5. The van der Waals surface area contributed by atoms with Crippen LogP contribution in [0.25, 0.3) is 22.3 Å². The zero-order valence-corrected chi connectivity index (χ0v) is 34.7. The molecule has 0 aliphatic rings. The molecule has 6 aromatic rings. The number of aryl methyl sites for hydroxylation is 4. The molecule has 59 heavy (non-hydrogen) atoms. The minimum atomic E-state index is -0.303. The first-order valence-corrected chi connectivity index (χ1v) is 20.4. The van der Waals surface area contributed by atoms with Crippen LogP contribution in [0.15, 0.2) is 34.4 Å². The fraction of sp³-hybridized carbons (Fsp3) is 0.550. The Hall–Kier alpha value is -5.66. The molecule has 0 spiro atoms. The Balaban J connectivity index is 0.000000240. The van der Waals surface area contributed by atoms with Gasteiger partial charge < -0.3 is 35.6 Å². The van der Waals surface area contributed by atoms with E-state index in [0.29, 0.717) is 71.8 Å². The van der Waals surface area contributed by atoms with Crippen LogP contribution in [0.4, 0.5) is 11.6 Å². The van der Waals surface area contributed by atoms with Crippen molar-refractivity contribution in [2.75, 3.05) is 51.1 Å². The minimum Gasteiger partial charge on any atom is -0.382 e. The third-order valence-corrected chi connectivity index (χ3v) is 9.33. The van der Waals surface area contributed by atoms with Gasteiger partial charge in [-0.05, 0) is 52.4 Å². The molecule has 0 amide bonds. The van der Waals surface area contributed by atoms with Crippen LogP contribution in [0.5, 0.6) is 0 Å². The summed E-state index contributed by atoms with van der Waals surface area (Å²) in [7, 11) is 0. The molecular weight excluding hydrogens is 757 g/mol. The number of fused-ring (bicyclic) bond motifs is 2. The largest absolute Gasteiger partial charge is 0.382 e. The lowest BCUT2D eigenvalue weighted by Gasteiger charge is -2.07. The van der Waals surface area contributed by atoms with Crippen LogP contribution in [0, 0.1) is 13.8 Å². The maximum Gasteiger partial charge on any atom is 0.328 e. The quantitative estimate of drug-likeness (QED) is 0.0667. The van der Waals surface area contributed by atoms with Crippen LogP contribution < -0.4 is 22.8 Å². The monoisotopic (exact) mass is 814 g/mol. The van der Waals surface area contributed by atoms with E-state index in [4.69, 9.17) is 25.7 Å². The molecule has 318 valence electrons. The van der Waals surface area contributed by atoms with Crippen molar-refractivity contribution in [3.8, 4) is 0 Å². The molecule has 0 saturated heterocycles. The highest BCUT2D eigenvalue weighted by Gasteiger charge is 2.15. The number of unbranched alkanes of at least 4 members (excludes halogenated alkanes) is 5. The van der Waals surface area contributed by atoms with Gasteiger partial charge >= 0.3 is 11.4 Å². The number of hydrogen-bond donors (Lipinski definition) is 4. The summed E-state index contributed by atoms with van der Waals surface area (Å²) in [5.74, 6) is 1.55. The fourth-order valence-electron chi connectivity index (χ4n) is 6.16. The number of imidazole rings is 2. The molecule has 0 atom stereocenters. The number of hydrogen-bond acceptors (Lipinski definition) is 15. The number of ether oxygens (including phenoxy) is 3. The molecule has 6 rings (SSSR count). The summed E-state index contributed by atoms with van der Waals surface area (Å²) in [4.78, 5) is 64.6. The van der Waals surface area contributed by atoms with Gasteiger partial charge in [0.15, 0.2) is 22.9 Å². The number of anilines is 2. The van der Waals surface area contributed by atoms with Gasteiger partial charge in [-0.1, -0.05) is 39.5 Å². The number of aromatic amines is 2. The van der Waals surface area contributed by atoms with Crippen LogP contribution in [0.2, 0.25) is 0 Å². The lowest BCUT2D eigenvalue weighted by Crippen LogP contribution is -2.18. The molecule has 0 bridgehead atoms. The lowest BCUT2D eigenvalue weighted by atomic mass is 10.1. The first-order valence-electron chi connectivity index (χ1n) is 20.4. The Labute approximate surface area is 342 Å². The molecule has 19 heteroatoms. The molecule has 6 N–H and O–H groups in total. The van der Waals surface area contributed by atoms with Crippen LogP contribution in [0.1, 0.15) is 99.6 Å². The maximum atomic E-state index is 12.3. The van der Waals surface area contributed by atoms with Crippen molar-refractivity contribution in [2.24, 2.45) is 0 Å². The minimum absolute atomic E-state index is 0.256. The molecule has 0 aliphatic heterocycles. The van der Waals surface area contributed by atoms with Crippen molar-refractivity contribution < 1.29 is 14.2 Å². The normalized spacial score (nSPS) is 11.4. The van der Waals surface area contributed by atoms with Crippen molar-refractivity contribution in [1.29, 1.82) is 0 Å². The lowest BCUT2D eigenvalue weighted by molar-refractivity contribution is 0.0134. The van der Waals surface area contributed by atoms with E-state index in [0.717, 1.165) is 76.0 Å². The first kappa shape index (κ1) is 44.4. The highest BCUT2D eigenvalue weighted by molar-refractivity contribution is 5.82. The molecule has 0 radical (unpaired) electrons. The van der Waals surface area contributed by atoms with E-state index in [1.807, 2.05) is 0 Å². The second-order valence-electron chi connectivity index (χ2n) is 14.2. The summed E-state index contributed by atoms with van der Waals surface area (Å²) in [5, 5.41) is 0. The number of nitrogen functional groups attached to an aromatic ring is 2. The first-order chi connectivity index (χ1) is 28.7. The Kier molecular flexibility index (Phi) is 17.4. The highest BCUT2D eigenvalue weighted by Crippen LogP contribution is 2.16. The van der Waals surface area contributed by atoms with Gasteiger partial charge in [-0.25, -0.2) is 29.5 Å². The molecule has 6 aromatic heterocycles. The van der Waals surface area contributed by atoms with Crippen molar-refractivity contribution in [3.05, 3.63) is 80.2 Å². The van der Waals surface area contributed by atoms with E-state index in [2.05, 4.69) is 63.7 Å². The van der Waals surface area contributed by atoms with Crippen LogP contribution in [-0.4, -0.2) is 98.6 Å². The second-order valence-corrected chi connectivity index (χ2v) is 14.2. The predicted octanol–water partition coefficient (Wildman–Crippen LogP) is 3.99. The zero-order chi connectivity index (χ0) is 42.0. The molecule has 0 aromatic carbocycles. The summed E-state index contributed by atoms with van der Waals surface area (Å²) in [6.07, 6.45) is 17.5. The summed E-state index contributed by atoms with van der Waals surface area (Å²) < 4.78 is 19.5. The summed E-state index contributed by atoms with van der Waals surface area (Å²) in [6, 6.07) is 0. The smallest absolute Gasteiger partial charge is 0.328 e. The zero-order valence-electron chi connectivity index (χ0n) is 34.7. The average molecular weight is 815 g/mol. The van der Waals surface area contributed by atoms with Gasteiger partial charge in [0, 0.05) is 25.6 Å². The fourth-order valence-corrected chi connectivity index (χ4v) is 6.16. The van der Waals surface area contributed by atoms with Gasteiger partial charge in [0.2, 0.25) is 0 Å². The van der Waals surface area contributed by atoms with E-state index in [1.165, 1.54) is 22.0 Å². The molecule has 0 fully saturated rings. The molecule has 0 saturated carbocycles. The third kappa shape index (κ3) is 13.4. The Morgan fingerprint density at radius 1 is 0.525 bits per heavy atom. The molecule has 6 heterocycles. The van der Waals surface area contributed by atoms with Gasteiger partial charge in [-0.3, -0.25) is 29.1 Å². The number of nitrogens with zero attached hydrogens (tertiary/aromatic N) is 10. The molecular formula is C40H58N14O5. The Morgan fingerprint density at radius 3 is 1.37 bits per heavy atom. The van der Waals surface area contributed by atoms with Crippen molar-refractivity contribution in [2.45, 2.75) is 105 Å². The van der Waals surface area contributed by atoms with Gasteiger partial charge in [0.25, 0.3) is 0 Å². The second kappa shape index (κ2) is 23.1. The van der Waals surface area contributed by atoms with Gasteiger partial charge in [-0.15, -0.1) is 0 Å². The van der Waals surface area contributed by atoms with Gasteiger partial charge in [-0.2, -0.15) is 0 Å². The van der Waals surface area contributed by atoms with E-state index in [-0.39, 0.29) is 36.1 Å². The van der Waals surface area contributed by atoms with Gasteiger partial charge in [0.1, 0.15) is 22.7 Å². The topological polar surface area (TPSA) is 258 Å². The Morgan fingerprint density at radius 2 is 0.932 bits per heavy atom. The molecule has 0 aliphatic carbocycles. The number of nitrogens with two attached hydrogens (primary N) is 2. The van der Waals surface area contributed by atoms with Crippen molar-refractivity contribution in [1.82, 2.24) is 59.0 Å². The van der Waals surface area contributed by atoms with E-state index < -0.39 is 0 Å². The number of H-pyrrole nitrogens is 2. The SMILES string of the molecule is CCCCCc1cnc(Cn2c(=O)[nH]c3c(N)nc(C)nc32)cn1.CCCCOCCOCCOCCCCCc1cnc(Cn2c(=O)[nH]c3c(N)nc(C)nc32)cn1.